The van der Waals surface area contributed by atoms with Crippen molar-refractivity contribution >= 4 is 11.7 Å². The second kappa shape index (κ2) is 6.85. The molecular weight excluding hydrogens is 268 g/mol. The lowest BCUT2D eigenvalue weighted by atomic mass is 10.1. The number of H-pyrrole nitrogens is 1. The zero-order valence-corrected chi connectivity index (χ0v) is 12.4. The fourth-order valence-electron chi connectivity index (χ4n) is 1.84. The molecule has 0 bridgehead atoms. The molecule has 2 aromatic rings. The highest BCUT2D eigenvalue weighted by Crippen LogP contribution is 2.16. The van der Waals surface area contributed by atoms with E-state index < -0.39 is 0 Å². The molecule has 0 radical (unpaired) electrons. The number of aromatic amines is 1. The number of benzene rings is 1. The molecule has 0 saturated carbocycles. The Balaban J connectivity index is 1.92. The molecule has 0 aliphatic rings. The van der Waals surface area contributed by atoms with E-state index in [-0.39, 0.29) is 12.1 Å². The number of carbonyl (C=O) groups excluding carboxylic acids is 1. The van der Waals surface area contributed by atoms with Gasteiger partial charge < -0.3 is 15.5 Å². The number of nitrogens with zero attached hydrogens (tertiary/aromatic N) is 3. The third kappa shape index (κ3) is 4.03. The van der Waals surface area contributed by atoms with Gasteiger partial charge in [-0.3, -0.25) is 5.10 Å². The van der Waals surface area contributed by atoms with Gasteiger partial charge in [0.25, 0.3) is 0 Å². The number of carbonyl (C=O) groups is 1. The summed E-state index contributed by atoms with van der Waals surface area (Å²) in [5.74, 6) is 0.644. The number of hydrogen-bond donors (Lipinski definition) is 3. The second-order valence-corrected chi connectivity index (χ2v) is 4.85. The van der Waals surface area contributed by atoms with Gasteiger partial charge in [0.15, 0.2) is 0 Å². The Morgan fingerprint density at radius 3 is 2.67 bits per heavy atom. The third-order valence-electron chi connectivity index (χ3n) is 3.29. The average molecular weight is 288 g/mol. The van der Waals surface area contributed by atoms with E-state index >= 15 is 0 Å². The van der Waals surface area contributed by atoms with Crippen molar-refractivity contribution in [2.75, 3.05) is 19.4 Å². The van der Waals surface area contributed by atoms with Crippen LogP contribution >= 0.6 is 0 Å². The van der Waals surface area contributed by atoms with Crippen LogP contribution in [0.25, 0.3) is 0 Å². The zero-order chi connectivity index (χ0) is 15.2. The predicted molar refractivity (Wildman–Crippen MR) is 80.8 cm³/mol. The molecule has 112 valence electrons. The molecule has 0 saturated heterocycles. The number of rotatable bonds is 5. The molecule has 7 nitrogen and oxygen atoms in total. The molecule has 7 heteroatoms. The standard InChI is InChI=1S/C14H20N6O/c1-10(15-2)11-4-6-12(7-5-11)18-14(21)20(3)8-13-16-9-17-19-13/h4-7,9-10,15H,8H2,1-3H3,(H,18,21)(H,16,17,19). The minimum absolute atomic E-state index is 0.194. The van der Waals surface area contributed by atoms with Gasteiger partial charge in [-0.2, -0.15) is 5.10 Å². The van der Waals surface area contributed by atoms with Crippen LogP contribution in [-0.2, 0) is 6.54 Å². The molecule has 1 aromatic carbocycles. The maximum atomic E-state index is 12.1. The van der Waals surface area contributed by atoms with Crippen LogP contribution in [-0.4, -0.2) is 40.2 Å². The summed E-state index contributed by atoms with van der Waals surface area (Å²) in [6.07, 6.45) is 1.42. The molecule has 0 spiro atoms. The van der Waals surface area contributed by atoms with Gasteiger partial charge >= 0.3 is 6.03 Å². The van der Waals surface area contributed by atoms with Crippen LogP contribution in [0.15, 0.2) is 30.6 Å². The van der Waals surface area contributed by atoms with Gasteiger partial charge in [-0.05, 0) is 31.7 Å². The Hall–Kier alpha value is -2.41. The number of hydrogen-bond acceptors (Lipinski definition) is 4. The normalized spacial score (nSPS) is 12.0. The fraction of sp³-hybridized carbons (Fsp3) is 0.357. The highest BCUT2D eigenvalue weighted by atomic mass is 16.2. The molecule has 2 rings (SSSR count). The molecule has 2 amide bonds. The van der Waals surface area contributed by atoms with Crippen LogP contribution in [0.3, 0.4) is 0 Å². The summed E-state index contributed by atoms with van der Waals surface area (Å²) in [4.78, 5) is 17.6. The van der Waals surface area contributed by atoms with Gasteiger partial charge in [-0.25, -0.2) is 9.78 Å². The Morgan fingerprint density at radius 2 is 2.10 bits per heavy atom. The van der Waals surface area contributed by atoms with E-state index in [4.69, 9.17) is 0 Å². The van der Waals surface area contributed by atoms with Crippen molar-refractivity contribution in [2.45, 2.75) is 19.5 Å². The Kier molecular flexibility index (Phi) is 4.89. The topological polar surface area (TPSA) is 85.9 Å². The van der Waals surface area contributed by atoms with E-state index in [1.54, 1.807) is 7.05 Å². The van der Waals surface area contributed by atoms with Gasteiger partial charge in [0.2, 0.25) is 0 Å². The van der Waals surface area contributed by atoms with Crippen LogP contribution in [0.2, 0.25) is 0 Å². The minimum atomic E-state index is -0.194. The van der Waals surface area contributed by atoms with Crippen LogP contribution in [0.5, 0.6) is 0 Å². The zero-order valence-electron chi connectivity index (χ0n) is 12.4. The third-order valence-corrected chi connectivity index (χ3v) is 3.29. The molecule has 1 atom stereocenters. The van der Waals surface area contributed by atoms with Crippen LogP contribution < -0.4 is 10.6 Å². The first kappa shape index (κ1) is 15.0. The number of aromatic nitrogens is 3. The number of amides is 2. The summed E-state index contributed by atoms with van der Waals surface area (Å²) in [5, 5.41) is 12.5. The summed E-state index contributed by atoms with van der Waals surface area (Å²) in [5.41, 5.74) is 1.93. The first-order valence-electron chi connectivity index (χ1n) is 6.73. The smallest absolute Gasteiger partial charge is 0.320 e. The summed E-state index contributed by atoms with van der Waals surface area (Å²) >= 11 is 0. The predicted octanol–water partition coefficient (Wildman–Crippen LogP) is 1.75. The van der Waals surface area contributed by atoms with Crippen molar-refractivity contribution < 1.29 is 4.79 Å². The van der Waals surface area contributed by atoms with Crippen molar-refractivity contribution in [3.05, 3.63) is 42.0 Å². The molecule has 3 N–H and O–H groups in total. The first-order chi connectivity index (χ1) is 10.1. The summed E-state index contributed by atoms with van der Waals surface area (Å²) in [6.45, 7) is 2.46. The van der Waals surface area contributed by atoms with Crippen molar-refractivity contribution in [3.8, 4) is 0 Å². The van der Waals surface area contributed by atoms with Crippen molar-refractivity contribution in [2.24, 2.45) is 0 Å². The highest BCUT2D eigenvalue weighted by molar-refractivity contribution is 5.89. The van der Waals surface area contributed by atoms with E-state index in [0.29, 0.717) is 12.4 Å². The molecule has 0 aliphatic heterocycles. The summed E-state index contributed by atoms with van der Waals surface area (Å²) in [7, 11) is 3.62. The maximum absolute atomic E-state index is 12.1. The molecule has 1 aromatic heterocycles. The molecule has 0 fully saturated rings. The van der Waals surface area contributed by atoms with Crippen molar-refractivity contribution in [1.82, 2.24) is 25.4 Å². The minimum Gasteiger partial charge on any atom is -0.320 e. The van der Waals surface area contributed by atoms with Crippen molar-refractivity contribution in [3.63, 3.8) is 0 Å². The maximum Gasteiger partial charge on any atom is 0.321 e. The molecule has 21 heavy (non-hydrogen) atoms. The van der Waals surface area contributed by atoms with Crippen molar-refractivity contribution in [1.29, 1.82) is 0 Å². The second-order valence-electron chi connectivity index (χ2n) is 4.85. The molecule has 0 aliphatic carbocycles. The van der Waals surface area contributed by atoms with Gasteiger partial charge in [0.1, 0.15) is 12.2 Å². The quantitative estimate of drug-likeness (QED) is 0.782. The summed E-state index contributed by atoms with van der Waals surface area (Å²) < 4.78 is 0. The average Bonchev–Trinajstić information content (AvgIpc) is 3.00. The van der Waals surface area contributed by atoms with E-state index in [2.05, 4.69) is 32.7 Å². The molecule has 1 heterocycles. The van der Waals surface area contributed by atoms with E-state index in [0.717, 1.165) is 5.69 Å². The number of nitrogens with one attached hydrogen (secondary N) is 3. The first-order valence-corrected chi connectivity index (χ1v) is 6.73. The van der Waals surface area contributed by atoms with E-state index in [1.165, 1.54) is 16.8 Å². The molecule has 1 unspecified atom stereocenters. The SMILES string of the molecule is CNC(C)c1ccc(NC(=O)N(C)Cc2ncn[nH]2)cc1. The van der Waals surface area contributed by atoms with E-state index in [9.17, 15) is 4.79 Å². The van der Waals surface area contributed by atoms with Gasteiger partial charge in [-0.15, -0.1) is 0 Å². The Morgan fingerprint density at radius 1 is 1.38 bits per heavy atom. The van der Waals surface area contributed by atoms with Gasteiger partial charge in [0.05, 0.1) is 6.54 Å². The lowest BCUT2D eigenvalue weighted by Crippen LogP contribution is -2.31. The Bertz CT molecular complexity index is 566. The largest absolute Gasteiger partial charge is 0.321 e. The lowest BCUT2D eigenvalue weighted by Gasteiger charge is -2.17. The highest BCUT2D eigenvalue weighted by Gasteiger charge is 2.11. The van der Waals surface area contributed by atoms with Crippen LogP contribution in [0.4, 0.5) is 10.5 Å². The van der Waals surface area contributed by atoms with Crippen LogP contribution in [0, 0.1) is 0 Å². The summed E-state index contributed by atoms with van der Waals surface area (Å²) in [6, 6.07) is 7.86. The lowest BCUT2D eigenvalue weighted by molar-refractivity contribution is 0.219. The number of urea groups is 1. The van der Waals surface area contributed by atoms with Gasteiger partial charge in [0, 0.05) is 18.8 Å². The molecular formula is C14H20N6O. The number of anilines is 1. The monoisotopic (exact) mass is 288 g/mol. The van der Waals surface area contributed by atoms with E-state index in [1.807, 2.05) is 31.3 Å². The van der Waals surface area contributed by atoms with Crippen LogP contribution in [0.1, 0.15) is 24.4 Å². The fourth-order valence-corrected chi connectivity index (χ4v) is 1.84. The Labute approximate surface area is 123 Å². The van der Waals surface area contributed by atoms with Gasteiger partial charge in [-0.1, -0.05) is 12.1 Å².